The van der Waals surface area contributed by atoms with Crippen molar-refractivity contribution in [3.05, 3.63) is 170 Å². The zero-order chi connectivity index (χ0) is 30.9. The predicted molar refractivity (Wildman–Crippen MR) is 200 cm³/mol. The first-order valence-electron chi connectivity index (χ1n) is 16.2. The molecule has 0 radical (unpaired) electrons. The van der Waals surface area contributed by atoms with Crippen LogP contribution in [0.2, 0.25) is 0 Å². The van der Waals surface area contributed by atoms with Gasteiger partial charge in [0.2, 0.25) is 0 Å². The van der Waals surface area contributed by atoms with Crippen molar-refractivity contribution in [1.82, 2.24) is 0 Å². The fourth-order valence-corrected chi connectivity index (χ4v) is 7.79. The molecule has 0 N–H and O–H groups in total. The highest BCUT2D eigenvalue weighted by molar-refractivity contribution is 6.30. The zero-order valence-corrected chi connectivity index (χ0v) is 25.6. The van der Waals surface area contributed by atoms with E-state index in [0.717, 1.165) is 21.9 Å². The molecule has 1 aromatic heterocycles. The number of benzene rings is 9. The van der Waals surface area contributed by atoms with Gasteiger partial charge in [-0.1, -0.05) is 146 Å². The van der Waals surface area contributed by atoms with Gasteiger partial charge >= 0.3 is 0 Å². The summed E-state index contributed by atoms with van der Waals surface area (Å²) in [7, 11) is 0. The Morgan fingerprint density at radius 1 is 0.277 bits per heavy atom. The molecule has 9 aromatic carbocycles. The minimum Gasteiger partial charge on any atom is -0.455 e. The molecule has 0 saturated carbocycles. The van der Waals surface area contributed by atoms with Gasteiger partial charge < -0.3 is 4.42 Å². The molecule has 0 unspecified atom stereocenters. The van der Waals surface area contributed by atoms with Crippen LogP contribution in [0.15, 0.2) is 174 Å². The van der Waals surface area contributed by atoms with Crippen molar-refractivity contribution in [1.29, 1.82) is 0 Å². The van der Waals surface area contributed by atoms with E-state index in [1.165, 1.54) is 76.5 Å². The maximum Gasteiger partial charge on any atom is 0.143 e. The summed E-state index contributed by atoms with van der Waals surface area (Å²) in [5, 5.41) is 12.2. The van der Waals surface area contributed by atoms with Crippen LogP contribution in [0.3, 0.4) is 0 Å². The Labute approximate surface area is 271 Å². The molecule has 1 heterocycles. The van der Waals surface area contributed by atoms with Gasteiger partial charge in [-0.15, -0.1) is 0 Å². The van der Waals surface area contributed by atoms with Gasteiger partial charge in [0, 0.05) is 16.2 Å². The highest BCUT2D eigenvalue weighted by Crippen LogP contribution is 2.45. The second kappa shape index (κ2) is 10.2. The first kappa shape index (κ1) is 26.1. The molecule has 10 aromatic rings. The van der Waals surface area contributed by atoms with Gasteiger partial charge in [-0.25, -0.2) is 0 Å². The number of rotatable bonds is 3. The smallest absolute Gasteiger partial charge is 0.143 e. The average Bonchev–Trinajstić information content (AvgIpc) is 3.54. The Kier molecular flexibility index (Phi) is 5.64. The van der Waals surface area contributed by atoms with Crippen LogP contribution in [0.1, 0.15) is 0 Å². The molecule has 0 spiro atoms. The van der Waals surface area contributed by atoms with Crippen molar-refractivity contribution < 1.29 is 4.42 Å². The minimum absolute atomic E-state index is 0.926. The van der Waals surface area contributed by atoms with Crippen LogP contribution >= 0.6 is 0 Å². The largest absolute Gasteiger partial charge is 0.455 e. The van der Waals surface area contributed by atoms with Gasteiger partial charge in [0.15, 0.2) is 0 Å². The van der Waals surface area contributed by atoms with E-state index in [0.29, 0.717) is 0 Å². The molecule has 0 amide bonds. The van der Waals surface area contributed by atoms with Gasteiger partial charge in [0.05, 0.1) is 0 Å². The Bertz CT molecular complexity index is 2780. The van der Waals surface area contributed by atoms with E-state index in [9.17, 15) is 0 Å². The quantitative estimate of drug-likeness (QED) is 0.146. The SMILES string of the molecule is c1ccc(-c2c3ccccc3c(-c3cccc(-c4ccc5c(c4)c4ccccc4c4c6ccccc6oc54)c3)c3ccccc23)cc1. The van der Waals surface area contributed by atoms with Crippen molar-refractivity contribution in [3.8, 4) is 33.4 Å². The topological polar surface area (TPSA) is 13.1 Å². The molecule has 0 atom stereocenters. The van der Waals surface area contributed by atoms with Crippen LogP contribution in [-0.4, -0.2) is 0 Å². The fraction of sp³-hybridized carbons (Fsp3) is 0. The summed E-state index contributed by atoms with van der Waals surface area (Å²) in [5.41, 5.74) is 9.27. The summed E-state index contributed by atoms with van der Waals surface area (Å²) >= 11 is 0. The monoisotopic (exact) mass is 596 g/mol. The number of hydrogen-bond donors (Lipinski definition) is 0. The Hall–Kier alpha value is -6.18. The van der Waals surface area contributed by atoms with Crippen LogP contribution in [0.25, 0.3) is 98.4 Å². The third-order valence-corrected chi connectivity index (χ3v) is 9.82. The molecule has 1 nitrogen and oxygen atoms in total. The van der Waals surface area contributed by atoms with E-state index in [4.69, 9.17) is 4.42 Å². The second-order valence-corrected chi connectivity index (χ2v) is 12.4. The molecular weight excluding hydrogens is 569 g/mol. The van der Waals surface area contributed by atoms with Gasteiger partial charge in [-0.2, -0.15) is 0 Å². The van der Waals surface area contributed by atoms with Crippen molar-refractivity contribution >= 4 is 65.0 Å². The van der Waals surface area contributed by atoms with Crippen LogP contribution in [-0.2, 0) is 0 Å². The second-order valence-electron chi connectivity index (χ2n) is 12.4. The first-order chi connectivity index (χ1) is 23.3. The summed E-state index contributed by atoms with van der Waals surface area (Å²) in [6, 6.07) is 61.5. The van der Waals surface area contributed by atoms with E-state index < -0.39 is 0 Å². The van der Waals surface area contributed by atoms with Crippen molar-refractivity contribution in [2.45, 2.75) is 0 Å². The fourth-order valence-electron chi connectivity index (χ4n) is 7.79. The molecule has 0 aliphatic rings. The Balaban J connectivity index is 1.22. The van der Waals surface area contributed by atoms with Crippen molar-refractivity contribution in [3.63, 3.8) is 0 Å². The van der Waals surface area contributed by atoms with Crippen LogP contribution in [0.5, 0.6) is 0 Å². The van der Waals surface area contributed by atoms with Crippen molar-refractivity contribution in [2.75, 3.05) is 0 Å². The maximum absolute atomic E-state index is 6.52. The highest BCUT2D eigenvalue weighted by atomic mass is 16.3. The lowest BCUT2D eigenvalue weighted by Gasteiger charge is -2.18. The number of furan rings is 1. The van der Waals surface area contributed by atoms with Gasteiger partial charge in [0.1, 0.15) is 11.2 Å². The number of hydrogen-bond acceptors (Lipinski definition) is 1. The van der Waals surface area contributed by atoms with Gasteiger partial charge in [0.25, 0.3) is 0 Å². The molecule has 0 saturated heterocycles. The molecule has 0 fully saturated rings. The van der Waals surface area contributed by atoms with E-state index in [1.54, 1.807) is 0 Å². The van der Waals surface area contributed by atoms with Gasteiger partial charge in [-0.05, 0) is 95.3 Å². The number of fused-ring (bicyclic) bond motifs is 10. The molecule has 10 rings (SSSR count). The predicted octanol–water partition coefficient (Wildman–Crippen LogP) is 13.2. The maximum atomic E-state index is 6.52. The Morgan fingerprint density at radius 2 is 0.787 bits per heavy atom. The van der Waals surface area contributed by atoms with E-state index >= 15 is 0 Å². The van der Waals surface area contributed by atoms with Crippen LogP contribution in [0.4, 0.5) is 0 Å². The summed E-state index contributed by atoms with van der Waals surface area (Å²) in [4.78, 5) is 0. The van der Waals surface area contributed by atoms with Crippen LogP contribution in [0, 0.1) is 0 Å². The zero-order valence-electron chi connectivity index (χ0n) is 25.6. The lowest BCUT2D eigenvalue weighted by Crippen LogP contribution is -1.91. The minimum atomic E-state index is 0.926. The van der Waals surface area contributed by atoms with Crippen molar-refractivity contribution in [2.24, 2.45) is 0 Å². The number of para-hydroxylation sites is 1. The van der Waals surface area contributed by atoms with E-state index in [1.807, 2.05) is 6.07 Å². The summed E-state index contributed by atoms with van der Waals surface area (Å²) in [5.74, 6) is 0. The molecule has 47 heavy (non-hydrogen) atoms. The van der Waals surface area contributed by atoms with Gasteiger partial charge in [-0.3, -0.25) is 0 Å². The van der Waals surface area contributed by atoms with E-state index in [-0.39, 0.29) is 0 Å². The molecule has 1 heteroatoms. The summed E-state index contributed by atoms with van der Waals surface area (Å²) < 4.78 is 6.52. The first-order valence-corrected chi connectivity index (χ1v) is 16.2. The lowest BCUT2D eigenvalue weighted by atomic mass is 9.85. The summed E-state index contributed by atoms with van der Waals surface area (Å²) in [6.45, 7) is 0. The van der Waals surface area contributed by atoms with Crippen LogP contribution < -0.4 is 0 Å². The third kappa shape index (κ3) is 3.90. The average molecular weight is 597 g/mol. The molecule has 218 valence electrons. The lowest BCUT2D eigenvalue weighted by molar-refractivity contribution is 0.673. The summed E-state index contributed by atoms with van der Waals surface area (Å²) in [6.07, 6.45) is 0. The standard InChI is InChI=1S/C46H28O/c1-2-13-29(14-3-1)43-35-19-6-8-21-37(35)44(38-22-9-7-20-36(38)43)32-16-12-15-30(27-32)31-25-26-39-41(28-31)33-17-4-5-18-34(33)45-40-23-10-11-24-42(40)47-46(39)45/h1-28H. The molecular formula is C46H28O. The Morgan fingerprint density at radius 3 is 1.49 bits per heavy atom. The molecule has 0 aliphatic carbocycles. The normalized spacial score (nSPS) is 11.8. The molecule has 0 bridgehead atoms. The molecule has 0 aliphatic heterocycles. The van der Waals surface area contributed by atoms with E-state index in [2.05, 4.69) is 164 Å². The highest BCUT2D eigenvalue weighted by Gasteiger charge is 2.18. The third-order valence-electron chi connectivity index (χ3n) is 9.82.